The Hall–Kier alpha value is -2.86. The molecule has 10 heteroatoms. The number of H-pyrrole nitrogens is 1. The number of phenolic OH excluding ortho intramolecular Hbond substituents is 1. The summed E-state index contributed by atoms with van der Waals surface area (Å²) in [5.74, 6) is 3.73. The van der Waals surface area contributed by atoms with Gasteiger partial charge in [0.2, 0.25) is 0 Å². The first-order chi connectivity index (χ1) is 26.7. The van der Waals surface area contributed by atoms with E-state index < -0.39 is 12.2 Å². The Morgan fingerprint density at radius 2 is 1.76 bits per heavy atom. The molecule has 306 valence electrons. The fourth-order valence-corrected chi connectivity index (χ4v) is 10.4. The second-order valence-electron chi connectivity index (χ2n) is 17.2. The van der Waals surface area contributed by atoms with E-state index in [0.29, 0.717) is 42.4 Å². The number of fused-ring (bicyclic) bond motifs is 3. The molecule has 9 N–H and O–H groups in total. The maximum absolute atomic E-state index is 11.5. The molecule has 3 aliphatic carbocycles. The van der Waals surface area contributed by atoms with Crippen LogP contribution in [0.25, 0.3) is 0 Å². The molecule has 1 aromatic carbocycles. The van der Waals surface area contributed by atoms with Gasteiger partial charge in [0.25, 0.3) is 0 Å². The number of rotatable bonds is 22. The number of nitrogens with two attached hydrogens (primary N) is 1. The summed E-state index contributed by atoms with van der Waals surface area (Å²) in [7, 11) is 0. The lowest BCUT2D eigenvalue weighted by Crippen LogP contribution is -2.36. The van der Waals surface area contributed by atoms with Crippen molar-refractivity contribution in [3.8, 4) is 11.5 Å². The molecule has 2 saturated carbocycles. The number of aromatic hydroxyl groups is 1. The summed E-state index contributed by atoms with van der Waals surface area (Å²) < 4.78 is 12.3. The van der Waals surface area contributed by atoms with E-state index >= 15 is 0 Å². The van der Waals surface area contributed by atoms with Gasteiger partial charge in [-0.2, -0.15) is 0 Å². The van der Waals surface area contributed by atoms with Crippen molar-refractivity contribution in [3.05, 3.63) is 69.9 Å². The molecule has 2 aromatic heterocycles. The Kier molecular flexibility index (Phi) is 15.2. The third-order valence-electron chi connectivity index (χ3n) is 13.2. The Morgan fingerprint density at radius 3 is 2.55 bits per heavy atom. The smallest absolute Gasteiger partial charge is 0.161 e. The third kappa shape index (κ3) is 10.8. The van der Waals surface area contributed by atoms with Crippen LogP contribution in [0.1, 0.15) is 148 Å². The van der Waals surface area contributed by atoms with Gasteiger partial charge in [-0.15, -0.1) is 0 Å². The molecule has 0 bridgehead atoms. The first kappa shape index (κ1) is 41.8. The van der Waals surface area contributed by atoms with Gasteiger partial charge in [0.1, 0.15) is 24.2 Å². The monoisotopic (exact) mass is 764 g/mol. The van der Waals surface area contributed by atoms with Crippen LogP contribution >= 0.6 is 0 Å². The van der Waals surface area contributed by atoms with Crippen molar-refractivity contribution in [2.24, 2.45) is 23.0 Å². The van der Waals surface area contributed by atoms with E-state index in [-0.39, 0.29) is 31.6 Å². The Morgan fingerprint density at radius 1 is 0.964 bits per heavy atom. The number of benzene rings is 1. The molecule has 0 amide bonds. The van der Waals surface area contributed by atoms with Crippen LogP contribution in [0, 0.1) is 17.3 Å². The zero-order valence-electron chi connectivity index (χ0n) is 33.2. The van der Waals surface area contributed by atoms with E-state index in [1.165, 1.54) is 56.2 Å². The molecule has 10 nitrogen and oxygen atoms in total. The minimum Gasteiger partial charge on any atom is -0.504 e. The molecule has 6 rings (SSSR count). The number of aromatic amines is 1. The van der Waals surface area contributed by atoms with Crippen molar-refractivity contribution < 1.29 is 34.7 Å². The number of hydrogen-bond donors (Lipinski definition) is 8. The maximum Gasteiger partial charge on any atom is 0.161 e. The number of aryl methyl sites for hydroxylation is 3. The minimum absolute atomic E-state index is 0.0104. The number of nitrogens with one attached hydrogen (secondary N) is 2. The number of phenols is 1. The van der Waals surface area contributed by atoms with E-state index in [1.54, 1.807) is 6.07 Å². The Balaban J connectivity index is 1.04. The highest BCUT2D eigenvalue weighted by molar-refractivity contribution is 5.42. The van der Waals surface area contributed by atoms with Crippen LogP contribution in [0.2, 0.25) is 0 Å². The normalized spacial score (nSPS) is 22.0. The molecule has 55 heavy (non-hydrogen) atoms. The van der Waals surface area contributed by atoms with Gasteiger partial charge in [0.05, 0.1) is 12.7 Å². The highest BCUT2D eigenvalue weighted by Crippen LogP contribution is 2.60. The maximum atomic E-state index is 11.5. The summed E-state index contributed by atoms with van der Waals surface area (Å²) in [4.78, 5) is 3.68. The van der Waals surface area contributed by atoms with Gasteiger partial charge in [-0.25, -0.2) is 0 Å². The largest absolute Gasteiger partial charge is 0.504 e. The summed E-state index contributed by atoms with van der Waals surface area (Å²) >= 11 is 0. The van der Waals surface area contributed by atoms with Crippen molar-refractivity contribution in [1.82, 2.24) is 10.3 Å². The molecule has 0 saturated heterocycles. The predicted molar refractivity (Wildman–Crippen MR) is 215 cm³/mol. The van der Waals surface area contributed by atoms with Crippen molar-refractivity contribution in [2.45, 2.75) is 153 Å². The average Bonchev–Trinajstić information content (AvgIpc) is 4.00. The van der Waals surface area contributed by atoms with Crippen molar-refractivity contribution >= 4 is 0 Å². The number of aliphatic hydroxyl groups excluding tert-OH is 4. The lowest BCUT2D eigenvalue weighted by Gasteiger charge is -2.39. The number of ether oxygens (including phenoxy) is 1. The molecule has 3 aromatic rings. The second kappa shape index (κ2) is 20.0. The van der Waals surface area contributed by atoms with Gasteiger partial charge in [-0.05, 0) is 124 Å². The summed E-state index contributed by atoms with van der Waals surface area (Å²) in [6.07, 6.45) is 17.7. The van der Waals surface area contributed by atoms with Crippen LogP contribution in [0.3, 0.4) is 0 Å². The predicted octanol–water partition coefficient (Wildman–Crippen LogP) is 6.88. The highest BCUT2D eigenvalue weighted by atomic mass is 16.5. The van der Waals surface area contributed by atoms with Gasteiger partial charge < -0.3 is 50.7 Å². The SMILES string of the molecule is CC(O)CNCC1c2cc(C(O)COc3cc(CCc4cc(CO)c(CCCCCCC(N)CCCO)o4)ccc3O)[nH]c2CC2(CCCC2)C2CCCC12. The molecule has 2 heterocycles. The van der Waals surface area contributed by atoms with Crippen molar-refractivity contribution in [1.29, 1.82) is 0 Å². The van der Waals surface area contributed by atoms with Crippen molar-refractivity contribution in [2.75, 3.05) is 26.3 Å². The van der Waals surface area contributed by atoms with Gasteiger partial charge in [0.15, 0.2) is 11.5 Å². The lowest BCUT2D eigenvalue weighted by molar-refractivity contribution is 0.101. The standard InChI is InChI=1S/C45H69N3O7/c1-30(51)26-47-27-37-35-12-8-13-38(35)45(19-6-7-20-45)25-40-36(37)24-39(48-40)42(53)29-54-44-22-31(16-18-41(44)52)15-17-34-23-32(28-50)43(55-34)14-5-3-2-4-10-33(46)11-9-21-49/h16,18,22-24,30,33,35,37-38,42,47-53H,2-15,17,19-21,25-29,46H2,1H3. The summed E-state index contributed by atoms with van der Waals surface area (Å²) in [6.45, 7) is 3.38. The van der Waals surface area contributed by atoms with E-state index in [4.69, 9.17) is 20.0 Å². The van der Waals surface area contributed by atoms with E-state index in [1.807, 2.05) is 25.1 Å². The molecule has 0 aliphatic heterocycles. The Bertz CT molecular complexity index is 1610. The molecule has 1 spiro atoms. The Labute approximate surface area is 328 Å². The van der Waals surface area contributed by atoms with Gasteiger partial charge in [0, 0.05) is 61.4 Å². The fourth-order valence-electron chi connectivity index (χ4n) is 10.4. The quantitative estimate of drug-likeness (QED) is 0.0507. The number of hydrogen-bond acceptors (Lipinski definition) is 9. The molecule has 6 atom stereocenters. The van der Waals surface area contributed by atoms with Crippen LogP contribution in [-0.2, 0) is 32.3 Å². The van der Waals surface area contributed by atoms with Crippen LogP contribution in [0.4, 0.5) is 0 Å². The molecule has 0 radical (unpaired) electrons. The summed E-state index contributed by atoms with van der Waals surface area (Å²) in [5.41, 5.74) is 11.6. The van der Waals surface area contributed by atoms with Crippen LogP contribution in [0.5, 0.6) is 11.5 Å². The number of aromatic nitrogens is 1. The first-order valence-corrected chi connectivity index (χ1v) is 21.5. The molecule has 3 aliphatic rings. The third-order valence-corrected chi connectivity index (χ3v) is 13.2. The lowest BCUT2D eigenvalue weighted by atomic mass is 9.66. The van der Waals surface area contributed by atoms with Crippen LogP contribution in [0.15, 0.2) is 34.7 Å². The topological polar surface area (TPSA) is 177 Å². The van der Waals surface area contributed by atoms with Gasteiger partial charge in [-0.1, -0.05) is 44.6 Å². The average molecular weight is 764 g/mol. The van der Waals surface area contributed by atoms with E-state index in [0.717, 1.165) is 98.6 Å². The fraction of sp³-hybridized carbons (Fsp3) is 0.689. The minimum atomic E-state index is -0.882. The molecule has 2 fully saturated rings. The van der Waals surface area contributed by atoms with Gasteiger partial charge in [-0.3, -0.25) is 0 Å². The second-order valence-corrected chi connectivity index (χ2v) is 17.2. The van der Waals surface area contributed by atoms with E-state index in [2.05, 4.69) is 16.4 Å². The van der Waals surface area contributed by atoms with E-state index in [9.17, 15) is 20.4 Å². The molecular formula is C45H69N3O7. The zero-order chi connectivity index (χ0) is 38.8. The number of unbranched alkanes of at least 4 members (excludes halogenated alkanes) is 3. The van der Waals surface area contributed by atoms with Crippen LogP contribution in [-0.4, -0.2) is 69.0 Å². The van der Waals surface area contributed by atoms with Crippen molar-refractivity contribution in [3.63, 3.8) is 0 Å². The molecule has 6 unspecified atom stereocenters. The van der Waals surface area contributed by atoms with Gasteiger partial charge >= 0.3 is 0 Å². The zero-order valence-corrected chi connectivity index (χ0v) is 33.2. The van der Waals surface area contributed by atoms with Crippen LogP contribution < -0.4 is 15.8 Å². The highest BCUT2D eigenvalue weighted by Gasteiger charge is 2.51. The number of aliphatic hydroxyl groups is 4. The first-order valence-electron chi connectivity index (χ1n) is 21.5. The summed E-state index contributed by atoms with van der Waals surface area (Å²) in [5, 5.41) is 54.7. The molecular weight excluding hydrogens is 695 g/mol. The summed E-state index contributed by atoms with van der Waals surface area (Å²) in [6, 6.07) is 9.66. The number of furan rings is 1.